The molecule has 0 unspecified atom stereocenters. The van der Waals surface area contributed by atoms with Gasteiger partial charge in [-0.3, -0.25) is 0 Å². The van der Waals surface area contributed by atoms with Gasteiger partial charge in [-0.05, 0) is 55.5 Å². The van der Waals surface area contributed by atoms with Crippen LogP contribution < -0.4 is 0 Å². The molecule has 0 saturated carbocycles. The molecule has 0 amide bonds. The number of phenols is 1. The molecule has 5 nitrogen and oxygen atoms in total. The predicted molar refractivity (Wildman–Crippen MR) is 104 cm³/mol. The van der Waals surface area contributed by atoms with Gasteiger partial charge >= 0.3 is 5.97 Å². The first-order chi connectivity index (χ1) is 12.7. The molecule has 0 aliphatic heterocycles. The highest BCUT2D eigenvalue weighted by molar-refractivity contribution is 5.89. The van der Waals surface area contributed by atoms with Gasteiger partial charge in [0, 0.05) is 12.3 Å². The second kappa shape index (κ2) is 9.20. The van der Waals surface area contributed by atoms with Crippen molar-refractivity contribution < 1.29 is 24.9 Å². The maximum absolute atomic E-state index is 12.6. The number of esters is 1. The summed E-state index contributed by atoms with van der Waals surface area (Å²) in [4.78, 5) is 12.6. The van der Waals surface area contributed by atoms with Crippen LogP contribution in [0.4, 0.5) is 0 Å². The summed E-state index contributed by atoms with van der Waals surface area (Å²) in [5.74, 6) is -0.913. The zero-order chi connectivity index (χ0) is 20.1. The van der Waals surface area contributed by atoms with Crippen LogP contribution in [0, 0.1) is 11.8 Å². The van der Waals surface area contributed by atoms with E-state index in [9.17, 15) is 20.1 Å². The van der Waals surface area contributed by atoms with Gasteiger partial charge in [-0.15, -0.1) is 0 Å². The summed E-state index contributed by atoms with van der Waals surface area (Å²) in [6.45, 7) is 9.77. The third kappa shape index (κ3) is 5.44. The lowest BCUT2D eigenvalue weighted by Gasteiger charge is -2.37. The topological polar surface area (TPSA) is 87.0 Å². The number of phenolic OH excluding ortho intramolecular Hbond substituents is 1. The Hall–Kier alpha value is -2.11. The largest absolute Gasteiger partial charge is 0.508 e. The fourth-order valence-electron chi connectivity index (χ4n) is 3.61. The van der Waals surface area contributed by atoms with Gasteiger partial charge in [-0.1, -0.05) is 32.1 Å². The Bertz CT molecular complexity index is 689. The molecule has 4 atom stereocenters. The van der Waals surface area contributed by atoms with Crippen molar-refractivity contribution in [2.45, 2.75) is 58.3 Å². The van der Waals surface area contributed by atoms with E-state index in [0.29, 0.717) is 24.0 Å². The smallest absolute Gasteiger partial charge is 0.338 e. The van der Waals surface area contributed by atoms with Crippen molar-refractivity contribution in [3.8, 4) is 5.75 Å². The summed E-state index contributed by atoms with van der Waals surface area (Å²) in [6, 6.07) is 5.85. The summed E-state index contributed by atoms with van der Waals surface area (Å²) in [7, 11) is 0. The van der Waals surface area contributed by atoms with Crippen LogP contribution in [-0.4, -0.2) is 39.6 Å². The Morgan fingerprint density at radius 2 is 1.85 bits per heavy atom. The van der Waals surface area contributed by atoms with Crippen LogP contribution in [0.5, 0.6) is 5.75 Å². The molecule has 0 aromatic heterocycles. The van der Waals surface area contributed by atoms with Gasteiger partial charge in [-0.25, -0.2) is 4.79 Å². The molecular weight excluding hydrogens is 344 g/mol. The van der Waals surface area contributed by atoms with E-state index < -0.39 is 30.2 Å². The molecule has 1 aromatic rings. The Morgan fingerprint density at radius 3 is 2.44 bits per heavy atom. The highest BCUT2D eigenvalue weighted by Gasteiger charge is 2.38. The number of aliphatic hydroxyl groups is 2. The molecule has 2 rings (SSSR count). The zero-order valence-corrected chi connectivity index (χ0v) is 16.3. The molecule has 1 aromatic carbocycles. The quantitative estimate of drug-likeness (QED) is 0.556. The SMILES string of the molecule is C=C1CC/C=C(\C)C[C@H](OC(=O)c2ccc(O)cc2)[C@H](C(C)C)[C@H](O)[C@H]1O. The minimum absolute atomic E-state index is 0.0210. The summed E-state index contributed by atoms with van der Waals surface area (Å²) >= 11 is 0. The van der Waals surface area contributed by atoms with Gasteiger partial charge in [-0.2, -0.15) is 0 Å². The Labute approximate surface area is 161 Å². The molecule has 3 N–H and O–H groups in total. The van der Waals surface area contributed by atoms with Crippen molar-refractivity contribution in [3.05, 3.63) is 53.6 Å². The van der Waals surface area contributed by atoms with Crippen molar-refractivity contribution in [2.75, 3.05) is 0 Å². The molecule has 27 heavy (non-hydrogen) atoms. The van der Waals surface area contributed by atoms with Gasteiger partial charge in [0.05, 0.1) is 11.7 Å². The number of allylic oxidation sites excluding steroid dienone is 1. The molecule has 5 heteroatoms. The summed E-state index contributed by atoms with van der Waals surface area (Å²) in [5.41, 5.74) is 1.98. The molecule has 0 saturated heterocycles. The Morgan fingerprint density at radius 1 is 1.22 bits per heavy atom. The van der Waals surface area contributed by atoms with Crippen LogP contribution in [0.2, 0.25) is 0 Å². The molecule has 1 aliphatic rings. The number of benzene rings is 1. The molecule has 0 fully saturated rings. The molecule has 0 spiro atoms. The number of ether oxygens (including phenoxy) is 1. The van der Waals surface area contributed by atoms with Crippen LogP contribution in [0.15, 0.2) is 48.1 Å². The van der Waals surface area contributed by atoms with E-state index in [1.165, 1.54) is 24.3 Å². The van der Waals surface area contributed by atoms with Gasteiger partial charge < -0.3 is 20.1 Å². The summed E-state index contributed by atoms with van der Waals surface area (Å²) in [6.07, 6.45) is 1.17. The molecule has 1 aliphatic carbocycles. The minimum atomic E-state index is -1.07. The van der Waals surface area contributed by atoms with Gasteiger partial charge in [0.2, 0.25) is 0 Å². The van der Waals surface area contributed by atoms with Crippen LogP contribution in [0.25, 0.3) is 0 Å². The first-order valence-corrected chi connectivity index (χ1v) is 9.40. The van der Waals surface area contributed by atoms with Crippen molar-refractivity contribution in [1.82, 2.24) is 0 Å². The van der Waals surface area contributed by atoms with Gasteiger partial charge in [0.1, 0.15) is 18.0 Å². The van der Waals surface area contributed by atoms with E-state index >= 15 is 0 Å². The molecule has 0 bridgehead atoms. The Kier molecular flexibility index (Phi) is 7.22. The predicted octanol–water partition coefficient (Wildman–Crippen LogP) is 3.60. The lowest BCUT2D eigenvalue weighted by Crippen LogP contribution is -2.45. The average molecular weight is 374 g/mol. The second-order valence-corrected chi connectivity index (χ2v) is 7.70. The third-order valence-electron chi connectivity index (χ3n) is 5.18. The normalized spacial score (nSPS) is 29.1. The van der Waals surface area contributed by atoms with Crippen molar-refractivity contribution >= 4 is 5.97 Å². The highest BCUT2D eigenvalue weighted by Crippen LogP contribution is 2.32. The van der Waals surface area contributed by atoms with E-state index in [2.05, 4.69) is 12.7 Å². The molecule has 0 radical (unpaired) electrons. The minimum Gasteiger partial charge on any atom is -0.508 e. The number of aromatic hydroxyl groups is 1. The van der Waals surface area contributed by atoms with Gasteiger partial charge in [0.15, 0.2) is 0 Å². The third-order valence-corrected chi connectivity index (χ3v) is 5.18. The van der Waals surface area contributed by atoms with Crippen LogP contribution in [0.3, 0.4) is 0 Å². The van der Waals surface area contributed by atoms with Crippen molar-refractivity contribution in [3.63, 3.8) is 0 Å². The van der Waals surface area contributed by atoms with E-state index in [4.69, 9.17) is 4.74 Å². The van der Waals surface area contributed by atoms with E-state index in [1.54, 1.807) is 0 Å². The van der Waals surface area contributed by atoms with Crippen molar-refractivity contribution in [1.29, 1.82) is 0 Å². The number of rotatable bonds is 3. The fourth-order valence-corrected chi connectivity index (χ4v) is 3.61. The van der Waals surface area contributed by atoms with Crippen LogP contribution >= 0.6 is 0 Å². The number of aliphatic hydroxyl groups excluding tert-OH is 2. The maximum atomic E-state index is 12.6. The lowest BCUT2D eigenvalue weighted by molar-refractivity contribution is -0.0707. The fraction of sp³-hybridized carbons (Fsp3) is 0.500. The zero-order valence-electron chi connectivity index (χ0n) is 16.3. The van der Waals surface area contributed by atoms with Crippen molar-refractivity contribution in [2.24, 2.45) is 11.8 Å². The van der Waals surface area contributed by atoms with Crippen LogP contribution in [0.1, 0.15) is 50.4 Å². The average Bonchev–Trinajstić information content (AvgIpc) is 2.60. The summed E-state index contributed by atoms with van der Waals surface area (Å²) < 4.78 is 5.79. The number of carbonyl (C=O) groups is 1. The monoisotopic (exact) mass is 374 g/mol. The number of hydrogen-bond acceptors (Lipinski definition) is 5. The van der Waals surface area contributed by atoms with E-state index in [0.717, 1.165) is 12.0 Å². The summed E-state index contributed by atoms with van der Waals surface area (Å²) in [5, 5.41) is 30.7. The second-order valence-electron chi connectivity index (χ2n) is 7.70. The van der Waals surface area contributed by atoms with E-state index in [1.807, 2.05) is 20.8 Å². The lowest BCUT2D eigenvalue weighted by atomic mass is 9.78. The Balaban J connectivity index is 2.33. The maximum Gasteiger partial charge on any atom is 0.338 e. The van der Waals surface area contributed by atoms with Crippen LogP contribution in [-0.2, 0) is 4.74 Å². The van der Waals surface area contributed by atoms with Gasteiger partial charge in [0.25, 0.3) is 0 Å². The first-order valence-electron chi connectivity index (χ1n) is 9.40. The number of carbonyl (C=O) groups excluding carboxylic acids is 1. The highest BCUT2D eigenvalue weighted by atomic mass is 16.5. The molecular formula is C22H30O5. The number of hydrogen-bond donors (Lipinski definition) is 3. The molecule has 0 heterocycles. The molecule has 148 valence electrons. The standard InChI is InChI=1S/C22H30O5/c1-13(2)19-18(27-22(26)16-8-10-17(23)11-9-16)12-14(3)6-5-7-15(4)20(24)21(19)25/h6,8-11,13,18-21,23-25H,4-5,7,12H2,1-3H3/b14-6+/t18-,19-,20-,21-/m0/s1. The first kappa shape index (κ1) is 21.2. The van der Waals surface area contributed by atoms with E-state index in [-0.39, 0.29) is 11.7 Å².